The van der Waals surface area contributed by atoms with Crippen molar-refractivity contribution in [3.8, 4) is 0 Å². The van der Waals surface area contributed by atoms with Crippen LogP contribution in [0.2, 0.25) is 0 Å². The van der Waals surface area contributed by atoms with Gasteiger partial charge < -0.3 is 40.5 Å². The Morgan fingerprint density at radius 3 is 1.84 bits per heavy atom. The highest BCUT2D eigenvalue weighted by Gasteiger charge is 2.44. The largest absolute Gasteiger partial charge is 0.394 e. The van der Waals surface area contributed by atoms with Gasteiger partial charge in [0.1, 0.15) is 30.5 Å². The van der Waals surface area contributed by atoms with E-state index in [4.69, 9.17) is 9.47 Å². The van der Waals surface area contributed by atoms with Gasteiger partial charge in [-0.15, -0.1) is 11.8 Å². The molecule has 1 aliphatic rings. The van der Waals surface area contributed by atoms with E-state index in [1.807, 2.05) is 54.6 Å². The predicted octanol–water partition coefficient (Wildman–Crippen LogP) is 1.15. The Kier molecular flexibility index (Phi) is 11.7. The summed E-state index contributed by atoms with van der Waals surface area (Å²) in [6.45, 7) is 0.687. The third-order valence-corrected chi connectivity index (χ3v) is 8.87. The van der Waals surface area contributed by atoms with Gasteiger partial charge in [0.15, 0.2) is 6.29 Å². The van der Waals surface area contributed by atoms with Crippen molar-refractivity contribution in [2.75, 3.05) is 25.5 Å². The number of carbonyl (C=O) groups excluding carboxylic acids is 2. The van der Waals surface area contributed by atoms with Crippen LogP contribution in [0, 0.1) is 0 Å². The van der Waals surface area contributed by atoms with E-state index in [1.54, 1.807) is 0 Å². The Balaban J connectivity index is 1.49. The van der Waals surface area contributed by atoms with E-state index in [-0.39, 0.29) is 24.8 Å². The highest BCUT2D eigenvalue weighted by molar-refractivity contribution is 8.00. The number of nitrogens with one attached hydrogen (secondary N) is 2. The van der Waals surface area contributed by atoms with Crippen molar-refractivity contribution in [2.45, 2.75) is 48.4 Å². The fourth-order valence-corrected chi connectivity index (χ4v) is 6.64. The second-order valence-corrected chi connectivity index (χ2v) is 11.4. The summed E-state index contributed by atoms with van der Waals surface area (Å²) in [4.78, 5) is 25.5. The molecule has 6 N–H and O–H groups in total. The smallest absolute Gasteiger partial charge is 0.243 e. The average molecular weight is 611 g/mol. The molecule has 6 atom stereocenters. The minimum Gasteiger partial charge on any atom is -0.394 e. The van der Waals surface area contributed by atoms with Crippen molar-refractivity contribution in [1.29, 1.82) is 0 Å². The fourth-order valence-electron chi connectivity index (χ4n) is 5.08. The zero-order valence-corrected chi connectivity index (χ0v) is 24.6. The van der Waals surface area contributed by atoms with Crippen molar-refractivity contribution in [3.05, 3.63) is 108 Å². The van der Waals surface area contributed by atoms with Crippen molar-refractivity contribution in [3.63, 3.8) is 0 Å². The normalized spacial score (nSPS) is 22.9. The summed E-state index contributed by atoms with van der Waals surface area (Å²) in [5.74, 6) is -0.552. The van der Waals surface area contributed by atoms with E-state index < -0.39 is 54.0 Å². The number of aliphatic hydroxyl groups is 4. The molecule has 1 aliphatic heterocycles. The van der Waals surface area contributed by atoms with Crippen LogP contribution in [-0.4, -0.2) is 94.5 Å². The first kappa shape index (κ1) is 32.6. The number of rotatable bonds is 13. The van der Waals surface area contributed by atoms with Gasteiger partial charge in [-0.1, -0.05) is 91.0 Å². The Bertz CT molecular complexity index is 1200. The van der Waals surface area contributed by atoms with Crippen LogP contribution in [0.4, 0.5) is 0 Å². The minimum atomic E-state index is -1.56. The molecule has 10 nitrogen and oxygen atoms in total. The molecule has 43 heavy (non-hydrogen) atoms. The molecular weight excluding hydrogens is 572 g/mol. The maximum atomic E-state index is 13.3. The molecule has 3 aromatic rings. The molecule has 4 rings (SSSR count). The number of benzene rings is 3. The number of amides is 2. The zero-order chi connectivity index (χ0) is 30.8. The fraction of sp³-hybridized carbons (Fsp3) is 0.375. The van der Waals surface area contributed by atoms with Crippen LogP contribution in [0.15, 0.2) is 91.0 Å². The maximum Gasteiger partial charge on any atom is 0.243 e. The summed E-state index contributed by atoms with van der Waals surface area (Å²) in [6, 6.07) is 29.1. The third kappa shape index (κ3) is 7.81. The van der Waals surface area contributed by atoms with Gasteiger partial charge in [0, 0.05) is 19.2 Å². The number of aliphatic hydroxyl groups excluding tert-OH is 4. The first-order chi connectivity index (χ1) is 20.8. The van der Waals surface area contributed by atoms with E-state index in [0.717, 1.165) is 16.7 Å². The summed E-state index contributed by atoms with van der Waals surface area (Å²) in [5.41, 5.74) is 3.06. The van der Waals surface area contributed by atoms with Crippen LogP contribution in [0.25, 0.3) is 0 Å². The average Bonchev–Trinajstić information content (AvgIpc) is 3.04. The molecule has 1 heterocycles. The van der Waals surface area contributed by atoms with Crippen LogP contribution in [0.3, 0.4) is 0 Å². The lowest BCUT2D eigenvalue weighted by Crippen LogP contribution is -2.59. The molecule has 230 valence electrons. The van der Waals surface area contributed by atoms with E-state index >= 15 is 0 Å². The number of hydrogen-bond donors (Lipinski definition) is 6. The molecule has 0 saturated carbocycles. The van der Waals surface area contributed by atoms with Gasteiger partial charge >= 0.3 is 0 Å². The molecule has 0 spiro atoms. The molecule has 0 unspecified atom stereocenters. The van der Waals surface area contributed by atoms with Crippen molar-refractivity contribution < 1.29 is 39.5 Å². The molecular formula is C32H38N2O8S. The Labute approximate surface area is 255 Å². The summed E-state index contributed by atoms with van der Waals surface area (Å²) >= 11 is 1.54. The lowest BCUT2D eigenvalue weighted by molar-refractivity contribution is -0.300. The first-order valence-corrected chi connectivity index (χ1v) is 15.0. The van der Waals surface area contributed by atoms with Crippen molar-refractivity contribution >= 4 is 23.6 Å². The predicted molar refractivity (Wildman–Crippen MR) is 162 cm³/mol. The molecule has 0 aromatic heterocycles. The van der Waals surface area contributed by atoms with Crippen LogP contribution in [0.1, 0.15) is 23.6 Å². The van der Waals surface area contributed by atoms with Crippen molar-refractivity contribution in [2.24, 2.45) is 0 Å². The third-order valence-electron chi connectivity index (χ3n) is 7.23. The second-order valence-electron chi connectivity index (χ2n) is 10.2. The highest BCUT2D eigenvalue weighted by atomic mass is 32.2. The number of thioether (sulfide) groups is 1. The maximum absolute atomic E-state index is 13.3. The Hall–Kier alpha value is -3.29. The number of carbonyl (C=O) groups is 2. The van der Waals surface area contributed by atoms with Crippen LogP contribution in [-0.2, 0) is 23.8 Å². The summed E-state index contributed by atoms with van der Waals surface area (Å²) < 4.78 is 10.1. The van der Waals surface area contributed by atoms with Gasteiger partial charge in [0.05, 0.1) is 18.0 Å². The van der Waals surface area contributed by atoms with Crippen LogP contribution >= 0.6 is 11.8 Å². The lowest BCUT2D eigenvalue weighted by Gasteiger charge is -2.39. The van der Waals surface area contributed by atoms with Gasteiger partial charge in [0.25, 0.3) is 0 Å². The molecule has 0 bridgehead atoms. The highest BCUT2D eigenvalue weighted by Crippen LogP contribution is 2.48. The van der Waals surface area contributed by atoms with E-state index in [0.29, 0.717) is 0 Å². The first-order valence-electron chi connectivity index (χ1n) is 14.1. The van der Waals surface area contributed by atoms with Gasteiger partial charge in [0.2, 0.25) is 11.8 Å². The molecule has 11 heteroatoms. The summed E-state index contributed by atoms with van der Waals surface area (Å²) in [7, 11) is 0. The SMILES string of the molecule is CC(=O)N[C@@H](CSC(c1ccccc1)(c1ccccc1)c1ccccc1)C(=O)NCCO[C@H]1O[C@H](CO)[C@@H](O)[C@H](O)[C@@H]1O. The van der Waals surface area contributed by atoms with Crippen LogP contribution < -0.4 is 10.6 Å². The molecule has 0 radical (unpaired) electrons. The Morgan fingerprint density at radius 1 is 0.860 bits per heavy atom. The number of ether oxygens (including phenoxy) is 2. The second kappa shape index (κ2) is 15.4. The van der Waals surface area contributed by atoms with E-state index in [9.17, 15) is 30.0 Å². The molecule has 1 fully saturated rings. The van der Waals surface area contributed by atoms with Gasteiger partial charge in [-0.25, -0.2) is 0 Å². The molecule has 2 amide bonds. The standard InChI is InChI=1S/C32H38N2O8S/c1-21(36)34-25(30(40)33-17-18-41-31-29(39)28(38)27(37)26(19-35)42-31)20-43-32(22-11-5-2-6-12-22,23-13-7-3-8-14-23)24-15-9-4-10-16-24/h2-16,25-29,31,35,37-39H,17-20H2,1H3,(H,33,40)(H,34,36)/t25-,26+,27+,28-,29-,31-/m0/s1. The van der Waals surface area contributed by atoms with Gasteiger partial charge in [-0.05, 0) is 16.7 Å². The van der Waals surface area contributed by atoms with E-state index in [2.05, 4.69) is 47.0 Å². The minimum absolute atomic E-state index is 0.00973. The summed E-state index contributed by atoms with van der Waals surface area (Å²) in [6.07, 6.45) is -7.01. The van der Waals surface area contributed by atoms with Gasteiger partial charge in [-0.3, -0.25) is 9.59 Å². The van der Waals surface area contributed by atoms with Crippen LogP contribution in [0.5, 0.6) is 0 Å². The number of hydrogen-bond acceptors (Lipinski definition) is 9. The zero-order valence-electron chi connectivity index (χ0n) is 23.8. The monoisotopic (exact) mass is 610 g/mol. The van der Waals surface area contributed by atoms with Crippen molar-refractivity contribution in [1.82, 2.24) is 10.6 Å². The lowest BCUT2D eigenvalue weighted by atomic mass is 9.84. The van der Waals surface area contributed by atoms with Gasteiger partial charge in [-0.2, -0.15) is 0 Å². The topological polar surface area (TPSA) is 158 Å². The Morgan fingerprint density at radius 2 is 1.37 bits per heavy atom. The van der Waals surface area contributed by atoms with E-state index in [1.165, 1.54) is 18.7 Å². The molecule has 3 aromatic carbocycles. The summed E-state index contributed by atoms with van der Waals surface area (Å²) in [5, 5.41) is 44.9. The molecule has 1 saturated heterocycles. The quantitative estimate of drug-likeness (QED) is 0.123. The molecule has 0 aliphatic carbocycles.